The summed E-state index contributed by atoms with van der Waals surface area (Å²) in [5.74, 6) is 5.50. The topological polar surface area (TPSA) is 158 Å². The lowest BCUT2D eigenvalue weighted by Crippen LogP contribution is -2.44. The third-order valence-corrected chi connectivity index (χ3v) is 7.51. The van der Waals surface area contributed by atoms with Gasteiger partial charge in [0.15, 0.2) is 11.6 Å². The van der Waals surface area contributed by atoms with Gasteiger partial charge in [0.2, 0.25) is 0 Å². The summed E-state index contributed by atoms with van der Waals surface area (Å²) < 4.78 is 33.5. The number of anilines is 2. The largest absolute Gasteiger partial charge is 0.497 e. The Hall–Kier alpha value is -5.12. The van der Waals surface area contributed by atoms with Crippen molar-refractivity contribution in [2.45, 2.75) is 0 Å². The molecule has 2 fully saturated rings. The molecule has 3 N–H and O–H groups in total. The summed E-state index contributed by atoms with van der Waals surface area (Å²) in [5.41, 5.74) is 0. The number of nitrogens with one attached hydrogen (secondary N) is 2. The monoisotopic (exact) mass is 690 g/mol. The molecule has 0 unspecified atom stereocenters. The first-order valence-electron chi connectivity index (χ1n) is 16.8. The van der Waals surface area contributed by atoms with Crippen LogP contribution in [0.3, 0.4) is 0 Å². The van der Waals surface area contributed by atoms with Crippen LogP contribution in [0.25, 0.3) is 0 Å². The van der Waals surface area contributed by atoms with E-state index in [1.54, 1.807) is 38.0 Å². The normalized spacial score (nSPS) is 14.2. The third-order valence-electron chi connectivity index (χ3n) is 7.51. The molecule has 2 aromatic heterocycles. The van der Waals surface area contributed by atoms with E-state index >= 15 is 0 Å². The van der Waals surface area contributed by atoms with Crippen molar-refractivity contribution < 1.29 is 33.5 Å². The molecule has 268 valence electrons. The summed E-state index contributed by atoms with van der Waals surface area (Å²) in [6.07, 6.45) is 6.64. The fourth-order valence-corrected chi connectivity index (χ4v) is 5.13. The van der Waals surface area contributed by atoms with Gasteiger partial charge in [-0.15, -0.1) is 0 Å². The summed E-state index contributed by atoms with van der Waals surface area (Å²) >= 11 is 0. The van der Waals surface area contributed by atoms with Crippen LogP contribution >= 0.6 is 0 Å². The Bertz CT molecular complexity index is 1560. The fraction of sp³-hybridized carbons (Fsp3) is 0.429. The highest BCUT2D eigenvalue weighted by Crippen LogP contribution is 2.25. The van der Waals surface area contributed by atoms with Crippen molar-refractivity contribution in [3.05, 3.63) is 73.3 Å². The average Bonchev–Trinajstić information content (AvgIpc) is 3.19. The maximum absolute atomic E-state index is 8.80. The van der Waals surface area contributed by atoms with E-state index in [2.05, 4.69) is 40.4 Å². The molecule has 0 bridgehead atoms. The second-order valence-electron chi connectivity index (χ2n) is 11.0. The SMILES string of the molecule is COc1cccc(OCCOc2nccnc2N2CCNCC2)c1.OCCOc1cccc(OCCOc2nccnc2N2CCNCC2)c1. The van der Waals surface area contributed by atoms with Gasteiger partial charge in [0.25, 0.3) is 11.8 Å². The van der Waals surface area contributed by atoms with Crippen molar-refractivity contribution >= 4 is 11.6 Å². The van der Waals surface area contributed by atoms with Crippen molar-refractivity contribution in [1.29, 1.82) is 0 Å². The molecule has 0 amide bonds. The second kappa shape index (κ2) is 20.4. The number of nitrogens with zero attached hydrogens (tertiary/aromatic N) is 6. The number of ether oxygens (including phenoxy) is 6. The van der Waals surface area contributed by atoms with E-state index in [1.807, 2.05) is 42.5 Å². The minimum atomic E-state index is -0.0214. The second-order valence-corrected chi connectivity index (χ2v) is 11.0. The van der Waals surface area contributed by atoms with Gasteiger partial charge in [-0.05, 0) is 24.3 Å². The molecule has 15 nitrogen and oxygen atoms in total. The smallest absolute Gasteiger partial charge is 0.257 e. The molecule has 0 saturated carbocycles. The van der Waals surface area contributed by atoms with Crippen LogP contribution in [0.4, 0.5) is 11.6 Å². The molecule has 0 spiro atoms. The zero-order valence-electron chi connectivity index (χ0n) is 28.4. The highest BCUT2D eigenvalue weighted by Gasteiger charge is 2.18. The number of methoxy groups -OCH3 is 1. The molecule has 6 rings (SSSR count). The van der Waals surface area contributed by atoms with E-state index < -0.39 is 0 Å². The van der Waals surface area contributed by atoms with E-state index in [0.717, 1.165) is 75.5 Å². The Kier molecular flexibility index (Phi) is 14.8. The van der Waals surface area contributed by atoms with Crippen LogP contribution in [-0.4, -0.2) is 124 Å². The van der Waals surface area contributed by atoms with Crippen LogP contribution in [0.1, 0.15) is 0 Å². The zero-order chi connectivity index (χ0) is 34.6. The Labute approximate surface area is 292 Å². The quantitative estimate of drug-likeness (QED) is 0.147. The molecule has 15 heteroatoms. The molecule has 2 aliphatic heterocycles. The molecule has 50 heavy (non-hydrogen) atoms. The lowest BCUT2D eigenvalue weighted by atomic mass is 10.3. The number of piperazine rings is 2. The Balaban J connectivity index is 0.000000195. The van der Waals surface area contributed by atoms with Crippen LogP contribution in [0.15, 0.2) is 73.3 Å². The molecule has 4 aromatic rings. The maximum atomic E-state index is 8.80. The van der Waals surface area contributed by atoms with Crippen molar-refractivity contribution in [2.24, 2.45) is 0 Å². The molecule has 0 aliphatic carbocycles. The lowest BCUT2D eigenvalue weighted by Gasteiger charge is -2.28. The zero-order valence-corrected chi connectivity index (χ0v) is 28.4. The van der Waals surface area contributed by atoms with Gasteiger partial charge in [-0.3, -0.25) is 0 Å². The van der Waals surface area contributed by atoms with Gasteiger partial charge in [-0.25, -0.2) is 19.9 Å². The van der Waals surface area contributed by atoms with E-state index in [9.17, 15) is 0 Å². The molecule has 4 heterocycles. The van der Waals surface area contributed by atoms with Gasteiger partial charge < -0.3 is 54.0 Å². The van der Waals surface area contributed by atoms with Gasteiger partial charge in [-0.1, -0.05) is 12.1 Å². The number of aliphatic hydroxyl groups is 1. The van der Waals surface area contributed by atoms with Gasteiger partial charge in [0.05, 0.1) is 13.7 Å². The first kappa shape index (κ1) is 36.2. The van der Waals surface area contributed by atoms with Crippen molar-refractivity contribution in [3.8, 4) is 34.8 Å². The maximum Gasteiger partial charge on any atom is 0.257 e. The van der Waals surface area contributed by atoms with E-state index in [-0.39, 0.29) is 13.2 Å². The van der Waals surface area contributed by atoms with Gasteiger partial charge in [0.1, 0.15) is 56.0 Å². The van der Waals surface area contributed by atoms with E-state index in [1.165, 1.54) is 0 Å². The fourth-order valence-electron chi connectivity index (χ4n) is 5.13. The third kappa shape index (κ3) is 11.5. The predicted molar refractivity (Wildman–Crippen MR) is 188 cm³/mol. The van der Waals surface area contributed by atoms with Crippen LogP contribution in [0.5, 0.6) is 34.8 Å². The van der Waals surface area contributed by atoms with Crippen LogP contribution in [0, 0.1) is 0 Å². The summed E-state index contributed by atoms with van der Waals surface area (Å²) in [4.78, 5) is 21.8. The Morgan fingerprint density at radius 3 is 1.42 bits per heavy atom. The van der Waals surface area contributed by atoms with Gasteiger partial charge in [0, 0.05) is 89.3 Å². The molecule has 2 saturated heterocycles. The Morgan fingerprint density at radius 2 is 0.960 bits per heavy atom. The minimum absolute atomic E-state index is 0.0214. The summed E-state index contributed by atoms with van der Waals surface area (Å²) in [5, 5.41) is 15.4. The predicted octanol–water partition coefficient (Wildman–Crippen LogP) is 2.07. The molecule has 2 aliphatic rings. The van der Waals surface area contributed by atoms with Crippen LogP contribution < -0.4 is 48.9 Å². The summed E-state index contributed by atoms with van der Waals surface area (Å²) in [7, 11) is 1.63. The highest BCUT2D eigenvalue weighted by molar-refractivity contribution is 5.49. The van der Waals surface area contributed by atoms with Crippen LogP contribution in [0.2, 0.25) is 0 Å². The van der Waals surface area contributed by atoms with Gasteiger partial charge in [-0.2, -0.15) is 0 Å². The number of rotatable bonds is 16. The van der Waals surface area contributed by atoms with Gasteiger partial charge >= 0.3 is 0 Å². The molecule has 0 radical (unpaired) electrons. The van der Waals surface area contributed by atoms with Crippen LogP contribution in [-0.2, 0) is 0 Å². The molecular weight excluding hydrogens is 644 g/mol. The number of aliphatic hydroxyl groups excluding tert-OH is 1. The first-order chi connectivity index (χ1) is 24.7. The first-order valence-corrected chi connectivity index (χ1v) is 16.8. The minimum Gasteiger partial charge on any atom is -0.497 e. The number of benzene rings is 2. The summed E-state index contributed by atoms with van der Waals surface area (Å²) in [6, 6.07) is 14.8. The van der Waals surface area contributed by atoms with Crippen molar-refractivity contribution in [3.63, 3.8) is 0 Å². The highest BCUT2D eigenvalue weighted by atomic mass is 16.5. The number of hydrogen-bond acceptors (Lipinski definition) is 15. The molecule has 2 aromatic carbocycles. The standard InChI is InChI=1S/C18H24N4O4.C17H22N4O3/c23-10-11-24-15-2-1-3-16(14-15)25-12-13-26-18-17(20-4-5-21-18)22-8-6-19-7-9-22;1-22-14-3-2-4-15(13-14)23-11-12-24-17-16(19-5-6-20-17)21-9-7-18-8-10-21/h1-5,14,19,23H,6-13H2;2-6,13,18H,7-12H2,1H3. The van der Waals surface area contributed by atoms with Crippen molar-refractivity contribution in [1.82, 2.24) is 30.6 Å². The lowest BCUT2D eigenvalue weighted by molar-refractivity contribution is 0.198. The Morgan fingerprint density at radius 1 is 0.560 bits per heavy atom. The van der Waals surface area contributed by atoms with Crippen molar-refractivity contribution in [2.75, 3.05) is 109 Å². The summed E-state index contributed by atoms with van der Waals surface area (Å²) in [6.45, 7) is 9.08. The molecular formula is C35H46N8O7. The number of aromatic nitrogens is 4. The van der Waals surface area contributed by atoms with E-state index in [0.29, 0.717) is 49.7 Å². The average molecular weight is 691 g/mol. The number of hydrogen-bond donors (Lipinski definition) is 3. The van der Waals surface area contributed by atoms with E-state index in [4.69, 9.17) is 33.5 Å². The molecule has 0 atom stereocenters.